The van der Waals surface area contributed by atoms with Crippen LogP contribution in [0.15, 0.2) is 12.1 Å². The lowest BCUT2D eigenvalue weighted by Crippen LogP contribution is -2.27. The smallest absolute Gasteiger partial charge is 0.305 e. The molecular formula is C18H24N4O4. The third kappa shape index (κ3) is 3.76. The van der Waals surface area contributed by atoms with Gasteiger partial charge in [-0.15, -0.1) is 5.10 Å². The molecule has 8 heteroatoms. The standard InChI is InChI=1S/C18H24N4O4/c1-11-14(13-6-12(9-26-10-13)7-17(24)25-3)4-5-15(19-11)18-16(8-23)22(2)21-20-18/h4-5,12-13,23H,6-10H2,1-3H3. The van der Waals surface area contributed by atoms with Crippen molar-refractivity contribution in [3.8, 4) is 11.4 Å². The third-order valence-electron chi connectivity index (χ3n) is 4.88. The predicted molar refractivity (Wildman–Crippen MR) is 93.2 cm³/mol. The van der Waals surface area contributed by atoms with Crippen molar-refractivity contribution in [1.29, 1.82) is 0 Å². The number of hydrogen-bond acceptors (Lipinski definition) is 7. The number of ether oxygens (including phenoxy) is 2. The topological polar surface area (TPSA) is 99.4 Å². The molecule has 2 atom stereocenters. The number of hydrogen-bond donors (Lipinski definition) is 1. The van der Waals surface area contributed by atoms with Crippen LogP contribution >= 0.6 is 0 Å². The highest BCUT2D eigenvalue weighted by Gasteiger charge is 2.27. The SMILES string of the molecule is COC(=O)CC1COCC(c2ccc(-c3nnn(C)c3CO)nc2C)C1. The Morgan fingerprint density at radius 3 is 2.92 bits per heavy atom. The summed E-state index contributed by atoms with van der Waals surface area (Å²) in [5.41, 5.74) is 3.91. The van der Waals surface area contributed by atoms with Crippen LogP contribution in [0.25, 0.3) is 11.4 Å². The van der Waals surface area contributed by atoms with Crippen LogP contribution in [-0.4, -0.2) is 51.4 Å². The van der Waals surface area contributed by atoms with E-state index >= 15 is 0 Å². The molecule has 0 spiro atoms. The Bertz CT molecular complexity index is 789. The zero-order chi connectivity index (χ0) is 18.7. The zero-order valence-electron chi connectivity index (χ0n) is 15.3. The van der Waals surface area contributed by atoms with Crippen LogP contribution in [0.3, 0.4) is 0 Å². The molecule has 1 fully saturated rings. The van der Waals surface area contributed by atoms with Crippen molar-refractivity contribution in [2.24, 2.45) is 13.0 Å². The fourth-order valence-electron chi connectivity index (χ4n) is 3.48. The monoisotopic (exact) mass is 360 g/mol. The molecule has 3 rings (SSSR count). The van der Waals surface area contributed by atoms with Crippen molar-refractivity contribution in [2.75, 3.05) is 20.3 Å². The highest BCUT2D eigenvalue weighted by Crippen LogP contribution is 2.33. The molecule has 26 heavy (non-hydrogen) atoms. The van der Waals surface area contributed by atoms with Gasteiger partial charge in [0.15, 0.2) is 0 Å². The van der Waals surface area contributed by atoms with Crippen molar-refractivity contribution >= 4 is 5.97 Å². The van der Waals surface area contributed by atoms with Gasteiger partial charge in [-0.05, 0) is 30.9 Å². The number of nitrogens with zero attached hydrogens (tertiary/aromatic N) is 4. The average Bonchev–Trinajstić information content (AvgIpc) is 3.02. The number of carbonyl (C=O) groups excluding carboxylic acids is 1. The lowest BCUT2D eigenvalue weighted by atomic mass is 9.85. The van der Waals surface area contributed by atoms with Gasteiger partial charge in [-0.25, -0.2) is 4.68 Å². The fraction of sp³-hybridized carbons (Fsp3) is 0.556. The van der Waals surface area contributed by atoms with Crippen LogP contribution in [0.1, 0.15) is 35.7 Å². The van der Waals surface area contributed by atoms with Crippen molar-refractivity contribution in [2.45, 2.75) is 32.3 Å². The number of carbonyl (C=O) groups is 1. The van der Waals surface area contributed by atoms with E-state index in [4.69, 9.17) is 9.47 Å². The zero-order valence-corrected chi connectivity index (χ0v) is 15.3. The number of aromatic nitrogens is 4. The Kier molecular flexibility index (Phi) is 5.63. The summed E-state index contributed by atoms with van der Waals surface area (Å²) in [6.45, 7) is 3.01. The molecule has 2 aromatic rings. The van der Waals surface area contributed by atoms with Gasteiger partial charge in [-0.1, -0.05) is 11.3 Å². The van der Waals surface area contributed by atoms with Gasteiger partial charge in [0.1, 0.15) is 5.69 Å². The molecule has 8 nitrogen and oxygen atoms in total. The van der Waals surface area contributed by atoms with Crippen LogP contribution in [0, 0.1) is 12.8 Å². The fourth-order valence-corrected chi connectivity index (χ4v) is 3.48. The number of aryl methyl sites for hydroxylation is 2. The van der Waals surface area contributed by atoms with Crippen molar-refractivity contribution in [3.63, 3.8) is 0 Å². The van der Waals surface area contributed by atoms with Gasteiger partial charge in [0.05, 0.1) is 38.1 Å². The molecule has 3 heterocycles. The minimum atomic E-state index is -0.205. The maximum atomic E-state index is 11.5. The molecule has 2 unspecified atom stereocenters. The van der Waals surface area contributed by atoms with E-state index in [1.54, 1.807) is 11.7 Å². The van der Waals surface area contributed by atoms with E-state index in [0.717, 1.165) is 17.7 Å². The lowest BCUT2D eigenvalue weighted by Gasteiger charge is -2.29. The average molecular weight is 360 g/mol. The molecule has 1 aliphatic rings. The maximum Gasteiger partial charge on any atom is 0.305 e. The molecule has 0 saturated carbocycles. The Labute approximate surface area is 152 Å². The van der Waals surface area contributed by atoms with Crippen LogP contribution in [-0.2, 0) is 27.9 Å². The first kappa shape index (κ1) is 18.5. The first-order chi connectivity index (χ1) is 12.5. The van der Waals surface area contributed by atoms with Crippen LogP contribution in [0.2, 0.25) is 0 Å². The van der Waals surface area contributed by atoms with Gasteiger partial charge >= 0.3 is 5.97 Å². The highest BCUT2D eigenvalue weighted by atomic mass is 16.5. The highest BCUT2D eigenvalue weighted by molar-refractivity contribution is 5.69. The summed E-state index contributed by atoms with van der Waals surface area (Å²) < 4.78 is 12.0. The quantitative estimate of drug-likeness (QED) is 0.804. The molecule has 0 aromatic carbocycles. The van der Waals surface area contributed by atoms with Crippen molar-refractivity contribution in [1.82, 2.24) is 20.0 Å². The summed E-state index contributed by atoms with van der Waals surface area (Å²) in [4.78, 5) is 16.2. The lowest BCUT2D eigenvalue weighted by molar-refractivity contribution is -0.143. The number of aliphatic hydroxyl groups excluding tert-OH is 1. The van der Waals surface area contributed by atoms with E-state index in [1.807, 2.05) is 19.1 Å². The van der Waals surface area contributed by atoms with Crippen molar-refractivity contribution in [3.05, 3.63) is 29.1 Å². The minimum Gasteiger partial charge on any atom is -0.469 e. The van der Waals surface area contributed by atoms with E-state index in [-0.39, 0.29) is 24.4 Å². The van der Waals surface area contributed by atoms with E-state index in [0.29, 0.717) is 36.7 Å². The Hall–Kier alpha value is -2.32. The molecule has 1 aliphatic heterocycles. The van der Waals surface area contributed by atoms with Gasteiger partial charge < -0.3 is 14.6 Å². The summed E-state index contributed by atoms with van der Waals surface area (Å²) in [6.07, 6.45) is 1.24. The van der Waals surface area contributed by atoms with Gasteiger partial charge in [0, 0.05) is 25.3 Å². The molecule has 0 radical (unpaired) electrons. The van der Waals surface area contributed by atoms with E-state index < -0.39 is 0 Å². The second-order valence-electron chi connectivity index (χ2n) is 6.65. The summed E-state index contributed by atoms with van der Waals surface area (Å²) in [5.74, 6) is 0.143. The molecule has 0 bridgehead atoms. The molecular weight excluding hydrogens is 336 g/mol. The second-order valence-corrected chi connectivity index (χ2v) is 6.65. The summed E-state index contributed by atoms with van der Waals surface area (Å²) >= 11 is 0. The Balaban J connectivity index is 1.80. The number of esters is 1. The number of rotatable bonds is 5. The van der Waals surface area contributed by atoms with E-state index in [2.05, 4.69) is 15.3 Å². The second kappa shape index (κ2) is 7.92. The predicted octanol–water partition coefficient (Wildman–Crippen LogP) is 1.36. The molecule has 0 amide bonds. The molecule has 2 aromatic heterocycles. The number of pyridine rings is 1. The number of aliphatic hydroxyl groups is 1. The third-order valence-corrected chi connectivity index (χ3v) is 4.88. The molecule has 1 N–H and O–H groups in total. The number of methoxy groups -OCH3 is 1. The van der Waals surface area contributed by atoms with Crippen molar-refractivity contribution < 1.29 is 19.4 Å². The van der Waals surface area contributed by atoms with E-state index in [9.17, 15) is 9.90 Å². The minimum absolute atomic E-state index is 0.146. The first-order valence-corrected chi connectivity index (χ1v) is 8.65. The Morgan fingerprint density at radius 1 is 1.42 bits per heavy atom. The van der Waals surface area contributed by atoms with E-state index in [1.165, 1.54) is 7.11 Å². The first-order valence-electron chi connectivity index (χ1n) is 8.65. The summed E-state index contributed by atoms with van der Waals surface area (Å²) in [6, 6.07) is 3.93. The van der Waals surface area contributed by atoms with Gasteiger partial charge in [-0.2, -0.15) is 0 Å². The van der Waals surface area contributed by atoms with Gasteiger partial charge in [0.25, 0.3) is 0 Å². The van der Waals surface area contributed by atoms with Crippen LogP contribution in [0.5, 0.6) is 0 Å². The molecule has 140 valence electrons. The van der Waals surface area contributed by atoms with Gasteiger partial charge in [0.2, 0.25) is 0 Å². The van der Waals surface area contributed by atoms with Gasteiger partial charge in [-0.3, -0.25) is 9.78 Å². The summed E-state index contributed by atoms with van der Waals surface area (Å²) in [5, 5.41) is 17.6. The maximum absolute atomic E-state index is 11.5. The molecule has 0 aliphatic carbocycles. The van der Waals surface area contributed by atoms with Crippen LogP contribution < -0.4 is 0 Å². The largest absolute Gasteiger partial charge is 0.469 e. The molecule has 1 saturated heterocycles. The van der Waals surface area contributed by atoms with Crippen LogP contribution in [0.4, 0.5) is 0 Å². The normalized spacial score (nSPS) is 20.2. The Morgan fingerprint density at radius 2 is 2.23 bits per heavy atom. The summed E-state index contributed by atoms with van der Waals surface area (Å²) in [7, 11) is 3.15.